The molecule has 1 fully saturated rings. The van der Waals surface area contributed by atoms with Gasteiger partial charge in [-0.05, 0) is 49.2 Å². The first-order valence-corrected chi connectivity index (χ1v) is 9.06. The summed E-state index contributed by atoms with van der Waals surface area (Å²) in [7, 11) is 0. The average molecular weight is 390 g/mol. The van der Waals surface area contributed by atoms with E-state index in [9.17, 15) is 9.59 Å². The van der Waals surface area contributed by atoms with Crippen molar-refractivity contribution in [3.05, 3.63) is 53.6 Å². The van der Waals surface area contributed by atoms with Crippen molar-refractivity contribution in [3.8, 4) is 11.5 Å². The van der Waals surface area contributed by atoms with E-state index in [1.165, 1.54) is 0 Å². The van der Waals surface area contributed by atoms with Crippen molar-refractivity contribution in [2.75, 3.05) is 25.1 Å². The molecule has 1 heterocycles. The van der Waals surface area contributed by atoms with E-state index in [1.54, 1.807) is 36.4 Å². The van der Waals surface area contributed by atoms with E-state index in [-0.39, 0.29) is 18.5 Å². The lowest BCUT2D eigenvalue weighted by Crippen LogP contribution is -2.28. The number of halogens is 1. The molecule has 0 aromatic heterocycles. The highest BCUT2D eigenvalue weighted by molar-refractivity contribution is 6.32. The Bertz CT molecular complexity index is 787. The summed E-state index contributed by atoms with van der Waals surface area (Å²) in [6.07, 6.45) is 1.26. The Morgan fingerprint density at radius 1 is 1.07 bits per heavy atom. The second-order valence-electron chi connectivity index (χ2n) is 6.10. The zero-order valence-corrected chi connectivity index (χ0v) is 15.4. The van der Waals surface area contributed by atoms with Crippen molar-refractivity contribution in [2.24, 2.45) is 5.92 Å². The fraction of sp³-hybridized carbons (Fsp3) is 0.300. The average Bonchev–Trinajstić information content (AvgIpc) is 2.70. The molecule has 3 rings (SSSR count). The van der Waals surface area contributed by atoms with Crippen molar-refractivity contribution in [3.63, 3.8) is 0 Å². The van der Waals surface area contributed by atoms with Crippen LogP contribution in [0.15, 0.2) is 48.5 Å². The van der Waals surface area contributed by atoms with Crippen molar-refractivity contribution in [1.82, 2.24) is 0 Å². The van der Waals surface area contributed by atoms with Gasteiger partial charge in [-0.15, -0.1) is 0 Å². The van der Waals surface area contributed by atoms with E-state index in [1.807, 2.05) is 12.1 Å². The van der Waals surface area contributed by atoms with Gasteiger partial charge in [-0.3, -0.25) is 9.59 Å². The molecule has 27 heavy (non-hydrogen) atoms. The number of amides is 1. The maximum absolute atomic E-state index is 12.0. The molecule has 1 saturated heterocycles. The summed E-state index contributed by atoms with van der Waals surface area (Å²) >= 11 is 6.06. The Labute approximate surface area is 162 Å². The quantitative estimate of drug-likeness (QED) is 0.755. The van der Waals surface area contributed by atoms with E-state index in [4.69, 9.17) is 25.8 Å². The highest BCUT2D eigenvalue weighted by Gasteiger charge is 2.23. The minimum Gasteiger partial charge on any atom is -0.456 e. The number of hydrogen-bond donors (Lipinski definition) is 1. The van der Waals surface area contributed by atoms with Crippen LogP contribution in [0.3, 0.4) is 0 Å². The number of rotatable bonds is 6. The van der Waals surface area contributed by atoms with Crippen LogP contribution in [0.2, 0.25) is 5.02 Å². The summed E-state index contributed by atoms with van der Waals surface area (Å²) in [5.74, 6) is 0.211. The smallest absolute Gasteiger partial charge is 0.309 e. The number of carbonyl (C=O) groups is 2. The molecule has 0 radical (unpaired) electrons. The third kappa shape index (κ3) is 5.70. The lowest BCUT2D eigenvalue weighted by molar-refractivity contribution is -0.154. The number of esters is 1. The number of benzene rings is 2. The molecule has 2 aromatic rings. The van der Waals surface area contributed by atoms with E-state index in [0.29, 0.717) is 48.3 Å². The van der Waals surface area contributed by atoms with Gasteiger partial charge in [0.2, 0.25) is 0 Å². The van der Waals surface area contributed by atoms with Gasteiger partial charge in [0.05, 0.1) is 10.9 Å². The zero-order chi connectivity index (χ0) is 19.1. The molecule has 0 aliphatic carbocycles. The number of hydrogen-bond acceptors (Lipinski definition) is 5. The van der Waals surface area contributed by atoms with Gasteiger partial charge in [0.25, 0.3) is 5.91 Å². The summed E-state index contributed by atoms with van der Waals surface area (Å²) in [6.45, 7) is 0.789. The Balaban J connectivity index is 1.47. The number of nitrogens with one attached hydrogen (secondary N) is 1. The molecule has 1 aliphatic rings. The third-order valence-electron chi connectivity index (χ3n) is 4.10. The molecule has 2 aromatic carbocycles. The number of ether oxygens (including phenoxy) is 3. The first-order chi connectivity index (χ1) is 13.1. The normalized spacial score (nSPS) is 14.4. The maximum Gasteiger partial charge on any atom is 0.309 e. The Kier molecular flexibility index (Phi) is 6.68. The minimum atomic E-state index is -0.393. The summed E-state index contributed by atoms with van der Waals surface area (Å²) in [6, 6.07) is 14.0. The summed E-state index contributed by atoms with van der Waals surface area (Å²) < 4.78 is 16.0. The first kappa shape index (κ1) is 19.2. The highest BCUT2D eigenvalue weighted by atomic mass is 35.5. The lowest BCUT2D eigenvalue weighted by Gasteiger charge is -2.20. The van der Waals surface area contributed by atoms with Gasteiger partial charge < -0.3 is 19.5 Å². The standard InChI is InChI=1S/C20H20ClNO5/c21-17-3-1-2-4-18(17)27-16-7-5-15(6-8-16)22-19(23)13-26-20(24)14-9-11-25-12-10-14/h1-8,14H,9-13H2,(H,22,23). The second-order valence-corrected chi connectivity index (χ2v) is 6.51. The third-order valence-corrected chi connectivity index (χ3v) is 4.41. The highest BCUT2D eigenvalue weighted by Crippen LogP contribution is 2.29. The molecule has 0 unspecified atom stereocenters. The second kappa shape index (κ2) is 9.39. The zero-order valence-electron chi connectivity index (χ0n) is 14.7. The van der Waals surface area contributed by atoms with Crippen LogP contribution in [-0.2, 0) is 19.1 Å². The molecule has 0 spiro atoms. The molecule has 0 saturated carbocycles. The van der Waals surface area contributed by atoms with Gasteiger partial charge in [-0.2, -0.15) is 0 Å². The van der Waals surface area contributed by atoms with Crippen LogP contribution in [0.4, 0.5) is 5.69 Å². The van der Waals surface area contributed by atoms with Crippen molar-refractivity contribution >= 4 is 29.2 Å². The van der Waals surface area contributed by atoms with E-state index >= 15 is 0 Å². The molecular formula is C20H20ClNO5. The Morgan fingerprint density at radius 2 is 1.78 bits per heavy atom. The molecule has 142 valence electrons. The molecule has 1 N–H and O–H groups in total. The molecule has 0 bridgehead atoms. The Morgan fingerprint density at radius 3 is 2.48 bits per heavy atom. The van der Waals surface area contributed by atoms with Crippen LogP contribution in [-0.4, -0.2) is 31.7 Å². The SMILES string of the molecule is O=C(COC(=O)C1CCOCC1)Nc1ccc(Oc2ccccc2Cl)cc1. The summed E-state index contributed by atoms with van der Waals surface area (Å²) in [5.41, 5.74) is 0.577. The predicted molar refractivity (Wildman–Crippen MR) is 101 cm³/mol. The van der Waals surface area contributed by atoms with Crippen LogP contribution in [0.5, 0.6) is 11.5 Å². The van der Waals surface area contributed by atoms with Gasteiger partial charge in [-0.25, -0.2) is 0 Å². The first-order valence-electron chi connectivity index (χ1n) is 8.68. The molecule has 7 heteroatoms. The van der Waals surface area contributed by atoms with E-state index in [2.05, 4.69) is 5.32 Å². The van der Waals surface area contributed by atoms with Crippen LogP contribution in [0.25, 0.3) is 0 Å². The van der Waals surface area contributed by atoms with Crippen LogP contribution in [0.1, 0.15) is 12.8 Å². The summed E-state index contributed by atoms with van der Waals surface area (Å²) in [4.78, 5) is 23.9. The van der Waals surface area contributed by atoms with Crippen LogP contribution < -0.4 is 10.1 Å². The van der Waals surface area contributed by atoms with Gasteiger partial charge in [0.1, 0.15) is 11.5 Å². The topological polar surface area (TPSA) is 73.9 Å². The molecule has 1 aliphatic heterocycles. The van der Waals surface area contributed by atoms with Crippen molar-refractivity contribution in [1.29, 1.82) is 0 Å². The summed E-state index contributed by atoms with van der Waals surface area (Å²) in [5, 5.41) is 3.20. The maximum atomic E-state index is 12.0. The van der Waals surface area contributed by atoms with Crippen LogP contribution >= 0.6 is 11.6 Å². The van der Waals surface area contributed by atoms with E-state index in [0.717, 1.165) is 0 Å². The largest absolute Gasteiger partial charge is 0.456 e. The fourth-order valence-corrected chi connectivity index (χ4v) is 2.82. The van der Waals surface area contributed by atoms with Gasteiger partial charge in [-0.1, -0.05) is 23.7 Å². The van der Waals surface area contributed by atoms with Gasteiger partial charge in [0, 0.05) is 18.9 Å². The predicted octanol–water partition coefficient (Wildman–Crippen LogP) is 4.04. The van der Waals surface area contributed by atoms with Gasteiger partial charge >= 0.3 is 5.97 Å². The van der Waals surface area contributed by atoms with Crippen molar-refractivity contribution < 1.29 is 23.8 Å². The number of anilines is 1. The minimum absolute atomic E-state index is 0.187. The van der Waals surface area contributed by atoms with Crippen molar-refractivity contribution in [2.45, 2.75) is 12.8 Å². The Hall–Kier alpha value is -2.57. The molecular weight excluding hydrogens is 370 g/mol. The van der Waals surface area contributed by atoms with Crippen LogP contribution in [0, 0.1) is 5.92 Å². The monoisotopic (exact) mass is 389 g/mol. The number of para-hydroxylation sites is 1. The fourth-order valence-electron chi connectivity index (χ4n) is 2.65. The molecule has 1 amide bonds. The number of carbonyl (C=O) groups excluding carboxylic acids is 2. The van der Waals surface area contributed by atoms with Gasteiger partial charge in [0.15, 0.2) is 6.61 Å². The lowest BCUT2D eigenvalue weighted by atomic mass is 10.0. The van der Waals surface area contributed by atoms with E-state index < -0.39 is 5.91 Å². The molecule has 0 atom stereocenters. The molecule has 6 nitrogen and oxygen atoms in total.